The lowest BCUT2D eigenvalue weighted by Crippen LogP contribution is -2.32. The highest BCUT2D eigenvalue weighted by atomic mass is 16.5. The smallest absolute Gasteiger partial charge is 0.248 e. The zero-order chi connectivity index (χ0) is 15.8. The van der Waals surface area contributed by atoms with Gasteiger partial charge in [-0.2, -0.15) is 0 Å². The van der Waals surface area contributed by atoms with Crippen LogP contribution in [-0.2, 0) is 20.8 Å². The van der Waals surface area contributed by atoms with Crippen molar-refractivity contribution in [2.75, 3.05) is 34.0 Å². The lowest BCUT2D eigenvalue weighted by atomic mass is 10.1. The Balaban J connectivity index is 1.71. The number of hydrogen-bond donors (Lipinski definition) is 0. The molecular formula is C17H25NO4. The van der Waals surface area contributed by atoms with Crippen LogP contribution in [0.3, 0.4) is 0 Å². The number of benzene rings is 1. The predicted octanol–water partition coefficient (Wildman–Crippen LogP) is 2.24. The number of hydrogen-bond acceptors (Lipinski definition) is 4. The molecule has 0 spiro atoms. The van der Waals surface area contributed by atoms with Gasteiger partial charge in [0.15, 0.2) is 0 Å². The van der Waals surface area contributed by atoms with Crippen LogP contribution in [0.1, 0.15) is 24.8 Å². The molecule has 1 atom stereocenters. The molecule has 0 aliphatic carbocycles. The minimum atomic E-state index is -0.0290. The molecular weight excluding hydrogens is 282 g/mol. The third-order valence-corrected chi connectivity index (χ3v) is 3.78. The fraction of sp³-hybridized carbons (Fsp3) is 0.588. The Morgan fingerprint density at radius 1 is 1.41 bits per heavy atom. The van der Waals surface area contributed by atoms with Crippen LogP contribution in [0.4, 0.5) is 0 Å². The maximum absolute atomic E-state index is 12.1. The summed E-state index contributed by atoms with van der Waals surface area (Å²) in [6.07, 6.45) is 3.47. The zero-order valence-corrected chi connectivity index (χ0v) is 13.4. The van der Waals surface area contributed by atoms with Crippen molar-refractivity contribution in [1.29, 1.82) is 0 Å². The molecule has 122 valence electrons. The Morgan fingerprint density at radius 2 is 2.27 bits per heavy atom. The number of likely N-dealkylation sites (N-methyl/N-ethyl adjacent to an activating group) is 1. The number of rotatable bonds is 7. The highest BCUT2D eigenvalue weighted by Crippen LogP contribution is 2.14. The molecule has 0 N–H and O–H groups in total. The first-order valence-electron chi connectivity index (χ1n) is 7.75. The topological polar surface area (TPSA) is 48.0 Å². The summed E-state index contributed by atoms with van der Waals surface area (Å²) >= 11 is 0. The van der Waals surface area contributed by atoms with Gasteiger partial charge in [-0.25, -0.2) is 0 Å². The Bertz CT molecular complexity index is 471. The number of ether oxygens (including phenoxy) is 3. The van der Waals surface area contributed by atoms with E-state index in [9.17, 15) is 4.79 Å². The van der Waals surface area contributed by atoms with Crippen molar-refractivity contribution in [1.82, 2.24) is 4.90 Å². The molecule has 1 saturated heterocycles. The van der Waals surface area contributed by atoms with E-state index >= 15 is 0 Å². The first kappa shape index (κ1) is 16.8. The minimum absolute atomic E-state index is 0.0290. The first-order valence-corrected chi connectivity index (χ1v) is 7.75. The largest absolute Gasteiger partial charge is 0.497 e. The molecule has 1 amide bonds. The highest BCUT2D eigenvalue weighted by molar-refractivity contribution is 5.77. The fourth-order valence-corrected chi connectivity index (χ4v) is 2.46. The second kappa shape index (κ2) is 8.76. The van der Waals surface area contributed by atoms with Crippen molar-refractivity contribution in [3.63, 3.8) is 0 Å². The standard InChI is InChI=1S/C17H25NO4/c1-18(11-14-6-5-8-15(10-14)20-2)17(19)13-21-12-16-7-3-4-9-22-16/h5-6,8,10,16H,3-4,7,9,11-13H2,1-2H3/t16-/m0/s1. The summed E-state index contributed by atoms with van der Waals surface area (Å²) in [7, 11) is 3.41. The number of carbonyl (C=O) groups excluding carboxylic acids is 1. The van der Waals surface area contributed by atoms with Gasteiger partial charge in [-0.15, -0.1) is 0 Å². The van der Waals surface area contributed by atoms with E-state index < -0.39 is 0 Å². The monoisotopic (exact) mass is 307 g/mol. The molecule has 0 unspecified atom stereocenters. The minimum Gasteiger partial charge on any atom is -0.497 e. The summed E-state index contributed by atoms with van der Waals surface area (Å²) in [6.45, 7) is 1.94. The van der Waals surface area contributed by atoms with Crippen molar-refractivity contribution in [3.8, 4) is 5.75 Å². The van der Waals surface area contributed by atoms with E-state index in [0.717, 1.165) is 30.8 Å². The molecule has 5 heteroatoms. The maximum Gasteiger partial charge on any atom is 0.248 e. The number of methoxy groups -OCH3 is 1. The molecule has 1 aromatic rings. The SMILES string of the molecule is COc1cccc(CN(C)C(=O)COC[C@@H]2CCCCO2)c1. The summed E-state index contributed by atoms with van der Waals surface area (Å²) < 4.78 is 16.3. The van der Waals surface area contributed by atoms with E-state index in [1.165, 1.54) is 6.42 Å². The first-order chi connectivity index (χ1) is 10.7. The molecule has 22 heavy (non-hydrogen) atoms. The Hall–Kier alpha value is -1.59. The highest BCUT2D eigenvalue weighted by Gasteiger charge is 2.15. The van der Waals surface area contributed by atoms with Crippen molar-refractivity contribution < 1.29 is 19.0 Å². The molecule has 1 aromatic carbocycles. The van der Waals surface area contributed by atoms with Crippen molar-refractivity contribution in [2.24, 2.45) is 0 Å². The van der Waals surface area contributed by atoms with Crippen molar-refractivity contribution in [2.45, 2.75) is 31.9 Å². The van der Waals surface area contributed by atoms with Gasteiger partial charge in [-0.1, -0.05) is 12.1 Å². The lowest BCUT2D eigenvalue weighted by molar-refractivity contribution is -0.137. The predicted molar refractivity (Wildman–Crippen MR) is 83.9 cm³/mol. The average Bonchev–Trinajstić information content (AvgIpc) is 2.56. The molecule has 0 bridgehead atoms. The van der Waals surface area contributed by atoms with Gasteiger partial charge in [-0.3, -0.25) is 4.79 Å². The van der Waals surface area contributed by atoms with Crippen LogP contribution in [0.25, 0.3) is 0 Å². The number of nitrogens with zero attached hydrogens (tertiary/aromatic N) is 1. The summed E-state index contributed by atoms with van der Waals surface area (Å²) in [6, 6.07) is 7.71. The molecule has 1 aliphatic heterocycles. The summed E-state index contributed by atoms with van der Waals surface area (Å²) in [5.41, 5.74) is 1.03. The second-order valence-corrected chi connectivity index (χ2v) is 5.61. The van der Waals surface area contributed by atoms with Gasteiger partial charge in [0, 0.05) is 20.2 Å². The third-order valence-electron chi connectivity index (χ3n) is 3.78. The fourth-order valence-electron chi connectivity index (χ4n) is 2.46. The maximum atomic E-state index is 12.1. The lowest BCUT2D eigenvalue weighted by Gasteiger charge is -2.23. The molecule has 0 aromatic heterocycles. The van der Waals surface area contributed by atoms with E-state index in [-0.39, 0.29) is 18.6 Å². The number of amides is 1. The normalized spacial score (nSPS) is 18.0. The van der Waals surface area contributed by atoms with Crippen molar-refractivity contribution >= 4 is 5.91 Å². The van der Waals surface area contributed by atoms with Crippen LogP contribution in [0.5, 0.6) is 5.75 Å². The van der Waals surface area contributed by atoms with Gasteiger partial charge in [0.25, 0.3) is 0 Å². The number of carbonyl (C=O) groups is 1. The van der Waals surface area contributed by atoms with E-state index in [2.05, 4.69) is 0 Å². The van der Waals surface area contributed by atoms with Crippen LogP contribution in [0.15, 0.2) is 24.3 Å². The van der Waals surface area contributed by atoms with Gasteiger partial charge in [0.05, 0.1) is 19.8 Å². The van der Waals surface area contributed by atoms with E-state index in [1.807, 2.05) is 24.3 Å². The van der Waals surface area contributed by atoms with E-state index in [1.54, 1.807) is 19.1 Å². The van der Waals surface area contributed by atoms with E-state index in [0.29, 0.717) is 13.2 Å². The Labute approximate surface area is 132 Å². The Morgan fingerprint density at radius 3 is 3.00 bits per heavy atom. The molecule has 1 aliphatic rings. The van der Waals surface area contributed by atoms with Crippen LogP contribution < -0.4 is 4.74 Å². The zero-order valence-electron chi connectivity index (χ0n) is 13.4. The molecule has 5 nitrogen and oxygen atoms in total. The molecule has 1 fully saturated rings. The molecule has 0 saturated carbocycles. The van der Waals surface area contributed by atoms with Crippen LogP contribution >= 0.6 is 0 Å². The van der Waals surface area contributed by atoms with Gasteiger partial charge < -0.3 is 19.1 Å². The van der Waals surface area contributed by atoms with Gasteiger partial charge >= 0.3 is 0 Å². The summed E-state index contributed by atoms with van der Waals surface area (Å²) in [5.74, 6) is 0.766. The van der Waals surface area contributed by atoms with E-state index in [4.69, 9.17) is 14.2 Å². The summed E-state index contributed by atoms with van der Waals surface area (Å²) in [5, 5.41) is 0. The second-order valence-electron chi connectivity index (χ2n) is 5.61. The van der Waals surface area contributed by atoms with Crippen LogP contribution in [0.2, 0.25) is 0 Å². The molecule has 0 radical (unpaired) electrons. The average molecular weight is 307 g/mol. The Kier molecular flexibility index (Phi) is 6.68. The van der Waals surface area contributed by atoms with Gasteiger partial charge in [0.1, 0.15) is 12.4 Å². The van der Waals surface area contributed by atoms with Crippen LogP contribution in [0, 0.1) is 0 Å². The quantitative estimate of drug-likeness (QED) is 0.775. The molecule has 1 heterocycles. The third kappa shape index (κ3) is 5.31. The van der Waals surface area contributed by atoms with Crippen molar-refractivity contribution in [3.05, 3.63) is 29.8 Å². The summed E-state index contributed by atoms with van der Waals surface area (Å²) in [4.78, 5) is 13.7. The van der Waals surface area contributed by atoms with Gasteiger partial charge in [0.2, 0.25) is 5.91 Å². The van der Waals surface area contributed by atoms with Gasteiger partial charge in [-0.05, 0) is 37.0 Å². The molecule has 2 rings (SSSR count). The van der Waals surface area contributed by atoms with Crippen LogP contribution in [-0.4, -0.2) is 50.9 Å².